The van der Waals surface area contributed by atoms with Crippen molar-refractivity contribution in [1.82, 2.24) is 10.3 Å². The van der Waals surface area contributed by atoms with E-state index in [2.05, 4.69) is 11.4 Å². The Bertz CT molecular complexity index is 1210. The molecule has 0 aliphatic heterocycles. The number of aromatic nitrogens is 1. The average Bonchev–Trinajstić information content (AvgIpc) is 3.19. The summed E-state index contributed by atoms with van der Waals surface area (Å²) in [6.07, 6.45) is 1.60. The van der Waals surface area contributed by atoms with E-state index in [1.165, 1.54) is 0 Å². The topological polar surface area (TPSA) is 55.1 Å². The Kier molecular flexibility index (Phi) is 5.12. The van der Waals surface area contributed by atoms with Gasteiger partial charge in [0.05, 0.1) is 29.6 Å². The van der Waals surface area contributed by atoms with Crippen molar-refractivity contribution in [3.05, 3.63) is 87.8 Å². The molecule has 29 heavy (non-hydrogen) atoms. The van der Waals surface area contributed by atoms with Gasteiger partial charge in [0, 0.05) is 16.0 Å². The van der Waals surface area contributed by atoms with Gasteiger partial charge in [0.2, 0.25) is 0 Å². The van der Waals surface area contributed by atoms with E-state index in [4.69, 9.17) is 21.0 Å². The Labute approximate surface area is 174 Å². The number of halogens is 1. The number of furan rings is 1. The maximum Gasteiger partial charge on any atom is 0.252 e. The van der Waals surface area contributed by atoms with Crippen LogP contribution in [0.2, 0.25) is 5.02 Å². The predicted molar refractivity (Wildman–Crippen MR) is 116 cm³/mol. The van der Waals surface area contributed by atoms with Crippen LogP contribution in [-0.2, 0) is 6.54 Å². The summed E-state index contributed by atoms with van der Waals surface area (Å²) in [4.78, 5) is 18.2. The van der Waals surface area contributed by atoms with Gasteiger partial charge in [-0.25, -0.2) is 4.98 Å². The van der Waals surface area contributed by atoms with Gasteiger partial charge in [0.25, 0.3) is 5.91 Å². The molecule has 4 aromatic rings. The molecule has 0 unspecified atom stereocenters. The Morgan fingerprint density at radius 2 is 1.93 bits per heavy atom. The number of rotatable bonds is 4. The van der Waals surface area contributed by atoms with E-state index in [1.54, 1.807) is 12.3 Å². The Hall–Kier alpha value is -3.11. The molecular weight excluding hydrogens is 384 g/mol. The third-order valence-corrected chi connectivity index (χ3v) is 5.23. The number of hydrogen-bond acceptors (Lipinski definition) is 3. The van der Waals surface area contributed by atoms with Crippen molar-refractivity contribution < 1.29 is 9.21 Å². The lowest BCUT2D eigenvalue weighted by atomic mass is 9.94. The van der Waals surface area contributed by atoms with Crippen molar-refractivity contribution in [1.29, 1.82) is 0 Å². The first-order valence-electron chi connectivity index (χ1n) is 9.42. The molecule has 0 fully saturated rings. The van der Waals surface area contributed by atoms with Crippen LogP contribution in [0, 0.1) is 20.8 Å². The van der Waals surface area contributed by atoms with Gasteiger partial charge in [0.1, 0.15) is 5.76 Å². The minimum Gasteiger partial charge on any atom is -0.467 e. The van der Waals surface area contributed by atoms with Gasteiger partial charge >= 0.3 is 0 Å². The summed E-state index contributed by atoms with van der Waals surface area (Å²) in [5.74, 6) is 0.552. The van der Waals surface area contributed by atoms with E-state index in [0.717, 1.165) is 38.9 Å². The first kappa shape index (κ1) is 19.2. The summed E-state index contributed by atoms with van der Waals surface area (Å²) < 4.78 is 5.34. The monoisotopic (exact) mass is 404 g/mol. The summed E-state index contributed by atoms with van der Waals surface area (Å²) in [5.41, 5.74) is 6.03. The van der Waals surface area contributed by atoms with Gasteiger partial charge < -0.3 is 9.73 Å². The smallest absolute Gasteiger partial charge is 0.252 e. The highest BCUT2D eigenvalue weighted by molar-refractivity contribution is 6.30. The van der Waals surface area contributed by atoms with Gasteiger partial charge in [-0.1, -0.05) is 35.4 Å². The highest BCUT2D eigenvalue weighted by Gasteiger charge is 2.20. The number of carbonyl (C=O) groups excluding carboxylic acids is 1. The van der Waals surface area contributed by atoms with E-state index in [0.29, 0.717) is 22.9 Å². The summed E-state index contributed by atoms with van der Waals surface area (Å²) in [7, 11) is 0. The van der Waals surface area contributed by atoms with Crippen molar-refractivity contribution in [3.8, 4) is 11.3 Å². The fourth-order valence-electron chi connectivity index (χ4n) is 3.69. The summed E-state index contributed by atoms with van der Waals surface area (Å²) in [5, 5.41) is 4.46. The summed E-state index contributed by atoms with van der Waals surface area (Å²) in [6.45, 7) is 6.30. The minimum absolute atomic E-state index is 0.153. The molecule has 1 N–H and O–H groups in total. The Morgan fingerprint density at radius 3 is 2.66 bits per heavy atom. The summed E-state index contributed by atoms with van der Waals surface area (Å²) in [6, 6.07) is 15.3. The van der Waals surface area contributed by atoms with E-state index in [-0.39, 0.29) is 5.91 Å². The van der Waals surface area contributed by atoms with Crippen molar-refractivity contribution in [3.63, 3.8) is 0 Å². The second-order valence-corrected chi connectivity index (χ2v) is 7.65. The second kappa shape index (κ2) is 7.72. The fraction of sp³-hybridized carbons (Fsp3) is 0.167. The molecule has 2 heterocycles. The molecule has 0 saturated heterocycles. The molecule has 0 atom stereocenters. The molecular formula is C24H21ClN2O2. The molecule has 2 aromatic heterocycles. The van der Waals surface area contributed by atoms with Crippen LogP contribution in [0.5, 0.6) is 0 Å². The number of nitrogens with zero attached hydrogens (tertiary/aromatic N) is 1. The number of carbonyl (C=O) groups is 1. The molecule has 4 nitrogen and oxygen atoms in total. The molecule has 0 radical (unpaired) electrons. The third-order valence-electron chi connectivity index (χ3n) is 5.00. The first-order valence-corrected chi connectivity index (χ1v) is 9.80. The number of nitrogens with one attached hydrogen (secondary N) is 1. The van der Waals surface area contributed by atoms with Crippen molar-refractivity contribution in [2.24, 2.45) is 0 Å². The summed E-state index contributed by atoms with van der Waals surface area (Å²) >= 11 is 6.21. The standard InChI is InChI=1S/C24H21ClN2O2/c1-14-10-15(2)22-20(11-14)21(24(28)26-13-19-8-5-9-29-19)16(3)23(27-22)17-6-4-7-18(25)12-17/h4-12H,13H2,1-3H3,(H,26,28). The Morgan fingerprint density at radius 1 is 1.10 bits per heavy atom. The van der Waals surface area contributed by atoms with E-state index in [9.17, 15) is 4.79 Å². The van der Waals surface area contributed by atoms with Crippen LogP contribution in [0.3, 0.4) is 0 Å². The lowest BCUT2D eigenvalue weighted by molar-refractivity contribution is 0.0949. The maximum absolute atomic E-state index is 13.2. The predicted octanol–water partition coefficient (Wildman–Crippen LogP) is 6.00. The zero-order valence-electron chi connectivity index (χ0n) is 16.5. The van der Waals surface area contributed by atoms with Crippen LogP contribution in [-0.4, -0.2) is 10.9 Å². The molecule has 1 amide bonds. The quantitative estimate of drug-likeness (QED) is 0.453. The molecule has 0 spiro atoms. The van der Waals surface area contributed by atoms with Gasteiger partial charge in [-0.05, 0) is 62.2 Å². The molecule has 5 heteroatoms. The number of pyridine rings is 1. The van der Waals surface area contributed by atoms with Crippen LogP contribution < -0.4 is 5.32 Å². The minimum atomic E-state index is -0.153. The van der Waals surface area contributed by atoms with Crippen LogP contribution in [0.1, 0.15) is 32.8 Å². The number of fused-ring (bicyclic) bond motifs is 1. The van der Waals surface area contributed by atoms with Gasteiger partial charge in [-0.15, -0.1) is 0 Å². The highest BCUT2D eigenvalue weighted by atomic mass is 35.5. The van der Waals surface area contributed by atoms with Crippen molar-refractivity contribution in [2.45, 2.75) is 27.3 Å². The second-order valence-electron chi connectivity index (χ2n) is 7.21. The number of aryl methyl sites for hydroxylation is 2. The zero-order chi connectivity index (χ0) is 20.5. The van der Waals surface area contributed by atoms with Crippen molar-refractivity contribution >= 4 is 28.4 Å². The largest absolute Gasteiger partial charge is 0.467 e. The van der Waals surface area contributed by atoms with Crippen LogP contribution in [0.25, 0.3) is 22.2 Å². The first-order chi connectivity index (χ1) is 13.9. The van der Waals surface area contributed by atoms with Crippen LogP contribution >= 0.6 is 11.6 Å². The van der Waals surface area contributed by atoms with E-state index in [1.807, 2.05) is 57.2 Å². The molecule has 0 saturated carbocycles. The van der Waals surface area contributed by atoms with Crippen LogP contribution in [0.4, 0.5) is 0 Å². The molecule has 0 aliphatic rings. The SMILES string of the molecule is Cc1cc(C)c2nc(-c3cccc(Cl)c3)c(C)c(C(=O)NCc3ccco3)c2c1. The number of amides is 1. The molecule has 0 aliphatic carbocycles. The fourth-order valence-corrected chi connectivity index (χ4v) is 3.88. The molecule has 2 aromatic carbocycles. The Balaban J connectivity index is 1.90. The molecule has 0 bridgehead atoms. The zero-order valence-corrected chi connectivity index (χ0v) is 17.3. The van der Waals surface area contributed by atoms with Crippen LogP contribution in [0.15, 0.2) is 59.2 Å². The normalized spacial score (nSPS) is 11.0. The number of benzene rings is 2. The molecule has 4 rings (SSSR count). The van der Waals surface area contributed by atoms with Crippen molar-refractivity contribution in [2.75, 3.05) is 0 Å². The maximum atomic E-state index is 13.2. The lowest BCUT2D eigenvalue weighted by Gasteiger charge is -2.16. The van der Waals surface area contributed by atoms with Gasteiger partial charge in [0.15, 0.2) is 0 Å². The molecule has 146 valence electrons. The van der Waals surface area contributed by atoms with Gasteiger partial charge in [-0.2, -0.15) is 0 Å². The third kappa shape index (κ3) is 3.76. The van der Waals surface area contributed by atoms with E-state index >= 15 is 0 Å². The highest BCUT2D eigenvalue weighted by Crippen LogP contribution is 2.32. The van der Waals surface area contributed by atoms with Gasteiger partial charge in [-0.3, -0.25) is 4.79 Å². The average molecular weight is 405 g/mol. The van der Waals surface area contributed by atoms with E-state index < -0.39 is 0 Å². The lowest BCUT2D eigenvalue weighted by Crippen LogP contribution is -2.24. The number of hydrogen-bond donors (Lipinski definition) is 1.